The highest BCUT2D eigenvalue weighted by Gasteiger charge is 2.02. The molecule has 1 aromatic rings. The van der Waals surface area contributed by atoms with Crippen molar-refractivity contribution >= 4 is 39.1 Å². The van der Waals surface area contributed by atoms with Crippen molar-refractivity contribution in [2.75, 3.05) is 0 Å². The molecule has 0 aliphatic carbocycles. The minimum Gasteiger partial charge on any atom is -0.387 e. The quantitative estimate of drug-likeness (QED) is 0.642. The molecule has 70 valence electrons. The first-order valence-corrected chi connectivity index (χ1v) is 5.09. The van der Waals surface area contributed by atoms with E-state index in [-0.39, 0.29) is 0 Å². The summed E-state index contributed by atoms with van der Waals surface area (Å²) >= 11 is 9.23. The number of rotatable bonds is 2. The molecular formula is C9H10BrClN2. The van der Waals surface area contributed by atoms with Gasteiger partial charge in [0.15, 0.2) is 0 Å². The summed E-state index contributed by atoms with van der Waals surface area (Å²) in [6, 6.07) is 5.50. The Morgan fingerprint density at radius 2 is 2.31 bits per heavy atom. The van der Waals surface area contributed by atoms with Gasteiger partial charge in [-0.25, -0.2) is 4.99 Å². The van der Waals surface area contributed by atoms with Crippen LogP contribution in [0.3, 0.4) is 0 Å². The molecule has 0 atom stereocenters. The van der Waals surface area contributed by atoms with Gasteiger partial charge in [0.05, 0.1) is 21.0 Å². The van der Waals surface area contributed by atoms with Crippen LogP contribution in [0.15, 0.2) is 27.7 Å². The normalized spacial score (nSPS) is 11.8. The molecule has 0 spiro atoms. The third-order valence-electron chi connectivity index (χ3n) is 1.56. The smallest absolute Gasteiger partial charge is 0.0994 e. The first-order chi connectivity index (χ1) is 6.15. The minimum absolute atomic E-state index is 0.600. The number of aliphatic imine (C=N–C) groups is 1. The van der Waals surface area contributed by atoms with Crippen LogP contribution in [0.25, 0.3) is 0 Å². The van der Waals surface area contributed by atoms with Crippen LogP contribution in [-0.2, 0) is 0 Å². The zero-order chi connectivity index (χ0) is 9.84. The van der Waals surface area contributed by atoms with Gasteiger partial charge < -0.3 is 5.73 Å². The largest absolute Gasteiger partial charge is 0.387 e. The summed E-state index contributed by atoms with van der Waals surface area (Å²) in [7, 11) is 0. The fraction of sp³-hybridized carbons (Fsp3) is 0.222. The van der Waals surface area contributed by atoms with Crippen LogP contribution >= 0.6 is 27.5 Å². The Hall–Kier alpha value is -0.540. The van der Waals surface area contributed by atoms with E-state index in [0.29, 0.717) is 10.9 Å². The Bertz CT molecular complexity index is 336. The lowest BCUT2D eigenvalue weighted by molar-refractivity contribution is 1.23. The maximum Gasteiger partial charge on any atom is 0.0994 e. The number of nitrogens with two attached hydrogens (primary N) is 1. The Kier molecular flexibility index (Phi) is 3.75. The SMILES string of the molecule is CCC(N)=Nc1cccc(Cl)c1Br. The number of hydrogen-bond donors (Lipinski definition) is 1. The second kappa shape index (κ2) is 4.63. The van der Waals surface area contributed by atoms with E-state index in [2.05, 4.69) is 20.9 Å². The van der Waals surface area contributed by atoms with Crippen molar-refractivity contribution in [1.29, 1.82) is 0 Å². The van der Waals surface area contributed by atoms with Crippen LogP contribution in [0.1, 0.15) is 13.3 Å². The van der Waals surface area contributed by atoms with E-state index in [9.17, 15) is 0 Å². The van der Waals surface area contributed by atoms with E-state index in [0.717, 1.165) is 16.6 Å². The molecule has 2 N–H and O–H groups in total. The van der Waals surface area contributed by atoms with Crippen molar-refractivity contribution in [2.24, 2.45) is 10.7 Å². The standard InChI is InChI=1S/C9H10BrClN2/c1-2-8(12)13-7-5-3-4-6(11)9(7)10/h3-5H,2H2,1H3,(H2,12,13). The highest BCUT2D eigenvalue weighted by molar-refractivity contribution is 9.10. The second-order valence-electron chi connectivity index (χ2n) is 2.53. The molecule has 0 heterocycles. The highest BCUT2D eigenvalue weighted by Crippen LogP contribution is 2.32. The van der Waals surface area contributed by atoms with Crippen molar-refractivity contribution in [1.82, 2.24) is 0 Å². The molecule has 0 aliphatic heterocycles. The average Bonchev–Trinajstić information content (AvgIpc) is 2.13. The summed E-state index contributed by atoms with van der Waals surface area (Å²) in [5.41, 5.74) is 6.38. The van der Waals surface area contributed by atoms with Crippen molar-refractivity contribution in [3.05, 3.63) is 27.7 Å². The topological polar surface area (TPSA) is 38.4 Å². The predicted molar refractivity (Wildman–Crippen MR) is 60.7 cm³/mol. The second-order valence-corrected chi connectivity index (χ2v) is 3.73. The molecule has 0 bridgehead atoms. The molecule has 13 heavy (non-hydrogen) atoms. The van der Waals surface area contributed by atoms with Gasteiger partial charge in [-0.1, -0.05) is 24.6 Å². The number of nitrogens with zero attached hydrogens (tertiary/aromatic N) is 1. The van der Waals surface area contributed by atoms with Crippen LogP contribution in [0.5, 0.6) is 0 Å². The van der Waals surface area contributed by atoms with E-state index in [1.54, 1.807) is 6.07 Å². The number of hydrogen-bond acceptors (Lipinski definition) is 1. The van der Waals surface area contributed by atoms with Crippen molar-refractivity contribution in [2.45, 2.75) is 13.3 Å². The Balaban J connectivity index is 3.09. The van der Waals surface area contributed by atoms with Crippen LogP contribution in [0, 0.1) is 0 Å². The van der Waals surface area contributed by atoms with Gasteiger partial charge in [0, 0.05) is 6.42 Å². The zero-order valence-corrected chi connectivity index (χ0v) is 9.56. The third-order valence-corrected chi connectivity index (χ3v) is 2.93. The zero-order valence-electron chi connectivity index (χ0n) is 7.22. The van der Waals surface area contributed by atoms with Gasteiger partial charge in [-0.15, -0.1) is 0 Å². The lowest BCUT2D eigenvalue weighted by atomic mass is 10.3. The predicted octanol–water partition coefficient (Wildman–Crippen LogP) is 3.50. The fourth-order valence-electron chi connectivity index (χ4n) is 0.813. The average molecular weight is 262 g/mol. The van der Waals surface area contributed by atoms with E-state index in [1.807, 2.05) is 19.1 Å². The number of benzene rings is 1. The molecule has 2 nitrogen and oxygen atoms in total. The summed E-state index contributed by atoms with van der Waals surface area (Å²) in [6.45, 7) is 1.96. The number of halogens is 2. The van der Waals surface area contributed by atoms with Crippen LogP contribution in [-0.4, -0.2) is 5.84 Å². The van der Waals surface area contributed by atoms with Crippen LogP contribution < -0.4 is 5.73 Å². The third kappa shape index (κ3) is 2.71. The Morgan fingerprint density at radius 3 is 2.92 bits per heavy atom. The minimum atomic E-state index is 0.600. The van der Waals surface area contributed by atoms with E-state index in [1.165, 1.54) is 0 Å². The summed E-state index contributed by atoms with van der Waals surface area (Å²) in [6.07, 6.45) is 0.735. The lowest BCUT2D eigenvalue weighted by Gasteiger charge is -2.01. The van der Waals surface area contributed by atoms with Gasteiger partial charge >= 0.3 is 0 Å². The number of amidine groups is 1. The Morgan fingerprint density at radius 1 is 1.62 bits per heavy atom. The maximum atomic E-state index is 5.88. The molecule has 0 fully saturated rings. The molecule has 0 saturated carbocycles. The molecular weight excluding hydrogens is 251 g/mol. The van der Waals surface area contributed by atoms with Crippen LogP contribution in [0.4, 0.5) is 5.69 Å². The molecule has 0 aliphatic rings. The van der Waals surface area contributed by atoms with E-state index >= 15 is 0 Å². The van der Waals surface area contributed by atoms with Crippen molar-refractivity contribution < 1.29 is 0 Å². The van der Waals surface area contributed by atoms with E-state index < -0.39 is 0 Å². The first-order valence-electron chi connectivity index (χ1n) is 3.92. The van der Waals surface area contributed by atoms with Gasteiger partial charge in [-0.05, 0) is 28.1 Å². The monoisotopic (exact) mass is 260 g/mol. The fourth-order valence-corrected chi connectivity index (χ4v) is 1.34. The summed E-state index contributed by atoms with van der Waals surface area (Å²) < 4.78 is 0.785. The van der Waals surface area contributed by atoms with Gasteiger partial charge in [-0.3, -0.25) is 0 Å². The highest BCUT2D eigenvalue weighted by atomic mass is 79.9. The molecule has 0 amide bonds. The molecule has 0 unspecified atom stereocenters. The molecule has 1 rings (SSSR count). The maximum absolute atomic E-state index is 5.88. The van der Waals surface area contributed by atoms with Crippen molar-refractivity contribution in [3.8, 4) is 0 Å². The van der Waals surface area contributed by atoms with Gasteiger partial charge in [-0.2, -0.15) is 0 Å². The van der Waals surface area contributed by atoms with Gasteiger partial charge in [0.1, 0.15) is 0 Å². The molecule has 1 aromatic carbocycles. The molecule has 0 radical (unpaired) electrons. The summed E-state index contributed by atoms with van der Waals surface area (Å²) in [5, 5.41) is 0.644. The van der Waals surface area contributed by atoms with Gasteiger partial charge in [0.2, 0.25) is 0 Å². The summed E-state index contributed by atoms with van der Waals surface area (Å²) in [4.78, 5) is 4.20. The molecule has 0 saturated heterocycles. The molecule has 0 aromatic heterocycles. The molecule has 4 heteroatoms. The Labute approximate surface area is 90.9 Å². The van der Waals surface area contributed by atoms with E-state index in [4.69, 9.17) is 17.3 Å². The first kappa shape index (κ1) is 10.5. The lowest BCUT2D eigenvalue weighted by Crippen LogP contribution is -2.08. The summed E-state index contributed by atoms with van der Waals surface area (Å²) in [5.74, 6) is 0.600. The van der Waals surface area contributed by atoms with Crippen molar-refractivity contribution in [3.63, 3.8) is 0 Å². The van der Waals surface area contributed by atoms with Gasteiger partial charge in [0.25, 0.3) is 0 Å². The van der Waals surface area contributed by atoms with Crippen LogP contribution in [0.2, 0.25) is 5.02 Å².